The van der Waals surface area contributed by atoms with Crippen LogP contribution in [-0.2, 0) is 14.3 Å². The van der Waals surface area contributed by atoms with Gasteiger partial charge in [-0.2, -0.15) is 0 Å². The number of likely N-dealkylation sites (tertiary alicyclic amines) is 1. The standard InChI is InChI=1S/C46H55F3N8O6/c1-25(2)39(54-44(61)62-8)43(60)57-22-26(3)17-36(57)40-51-21-35(53-40)30-11-9-29(10-12-30)33-15-13-31(18-37(33)63-46(47,48)49)41(58)52-32-14-16-38(50-20-32)55-23-28(5)56(24-27(55)4)42(59)34-19-45(34,6)7/h9-16,18,20-21,25-28,34,36,39H,17,19,22-24H2,1-8H3,(H,51,53)(H,52,58)(H,54,61)/t26-,27+,28-,34+,36-,39-/m0/s1. The molecule has 3 aliphatic rings. The van der Waals surface area contributed by atoms with Crippen molar-refractivity contribution in [2.24, 2.45) is 23.2 Å². The third kappa shape index (κ3) is 9.92. The monoisotopic (exact) mass is 872 g/mol. The molecule has 0 unspecified atom stereocenters. The molecule has 336 valence electrons. The molecule has 0 radical (unpaired) electrons. The van der Waals surface area contributed by atoms with Crippen LogP contribution in [-0.4, -0.2) is 99.8 Å². The number of imidazole rings is 1. The van der Waals surface area contributed by atoms with Crippen molar-refractivity contribution in [3.8, 4) is 28.1 Å². The summed E-state index contributed by atoms with van der Waals surface area (Å²) in [6, 6.07) is 12.9. The number of nitrogens with zero attached hydrogens (tertiary/aromatic N) is 5. The molecular formula is C46H55F3N8O6. The number of methoxy groups -OCH3 is 1. The van der Waals surface area contributed by atoms with Crippen molar-refractivity contribution in [3.63, 3.8) is 0 Å². The number of H-pyrrole nitrogens is 1. The Bertz CT molecular complexity index is 2330. The van der Waals surface area contributed by atoms with Crippen molar-refractivity contribution >= 4 is 35.3 Å². The van der Waals surface area contributed by atoms with Crippen LogP contribution in [0.2, 0.25) is 0 Å². The Hall–Kier alpha value is -6.13. The molecule has 4 heterocycles. The van der Waals surface area contributed by atoms with Crippen LogP contribution >= 0.6 is 0 Å². The molecule has 2 aliphatic heterocycles. The Morgan fingerprint density at radius 2 is 1.62 bits per heavy atom. The second-order valence-electron chi connectivity index (χ2n) is 18.2. The van der Waals surface area contributed by atoms with Crippen molar-refractivity contribution in [1.29, 1.82) is 0 Å². The Kier molecular flexibility index (Phi) is 12.5. The number of halogens is 3. The van der Waals surface area contributed by atoms with Gasteiger partial charge < -0.3 is 39.8 Å². The predicted molar refractivity (Wildman–Crippen MR) is 231 cm³/mol. The topological polar surface area (TPSA) is 162 Å². The molecule has 1 aliphatic carbocycles. The number of carbonyl (C=O) groups is 4. The van der Waals surface area contributed by atoms with Crippen LogP contribution in [0.1, 0.15) is 83.5 Å². The smallest absolute Gasteiger partial charge is 0.453 e. The number of benzene rings is 2. The van der Waals surface area contributed by atoms with Gasteiger partial charge >= 0.3 is 12.5 Å². The molecule has 2 saturated heterocycles. The van der Waals surface area contributed by atoms with Gasteiger partial charge in [-0.05, 0) is 79.8 Å². The van der Waals surface area contributed by atoms with E-state index in [2.05, 4.69) is 44.1 Å². The van der Waals surface area contributed by atoms with Gasteiger partial charge in [-0.15, -0.1) is 13.2 Å². The number of nitrogens with one attached hydrogen (secondary N) is 3. The minimum Gasteiger partial charge on any atom is -0.453 e. The first-order valence-electron chi connectivity index (χ1n) is 21.3. The summed E-state index contributed by atoms with van der Waals surface area (Å²) in [4.78, 5) is 70.7. The largest absolute Gasteiger partial charge is 0.573 e. The third-order valence-corrected chi connectivity index (χ3v) is 12.4. The summed E-state index contributed by atoms with van der Waals surface area (Å²) in [7, 11) is 1.24. The second kappa shape index (κ2) is 17.6. The summed E-state index contributed by atoms with van der Waals surface area (Å²) >= 11 is 0. The molecule has 7 rings (SSSR count). The van der Waals surface area contributed by atoms with E-state index in [-0.39, 0.29) is 64.2 Å². The van der Waals surface area contributed by atoms with E-state index in [1.54, 1.807) is 47.5 Å². The first-order chi connectivity index (χ1) is 29.7. The van der Waals surface area contributed by atoms with Crippen LogP contribution in [0.25, 0.3) is 22.4 Å². The Labute approximate surface area is 364 Å². The highest BCUT2D eigenvalue weighted by atomic mass is 19.4. The zero-order valence-electron chi connectivity index (χ0n) is 36.7. The van der Waals surface area contributed by atoms with Gasteiger partial charge in [0.1, 0.15) is 23.4 Å². The summed E-state index contributed by atoms with van der Waals surface area (Å²) in [6.45, 7) is 15.7. The molecule has 1 saturated carbocycles. The lowest BCUT2D eigenvalue weighted by molar-refractivity contribution is -0.274. The van der Waals surface area contributed by atoms with Crippen LogP contribution in [0.5, 0.6) is 5.75 Å². The van der Waals surface area contributed by atoms with E-state index in [1.165, 1.54) is 25.4 Å². The van der Waals surface area contributed by atoms with Crippen LogP contribution in [0.15, 0.2) is 67.0 Å². The minimum atomic E-state index is -5.03. The molecular weight excluding hydrogens is 818 g/mol. The molecule has 63 heavy (non-hydrogen) atoms. The molecule has 6 atom stereocenters. The summed E-state index contributed by atoms with van der Waals surface area (Å²) in [5.41, 5.74) is 2.10. The average Bonchev–Trinajstić information content (AvgIpc) is 3.51. The Morgan fingerprint density at radius 1 is 0.921 bits per heavy atom. The fourth-order valence-electron chi connectivity index (χ4n) is 8.69. The lowest BCUT2D eigenvalue weighted by Crippen LogP contribution is -2.59. The zero-order valence-corrected chi connectivity index (χ0v) is 36.7. The highest BCUT2D eigenvalue weighted by Gasteiger charge is 2.53. The van der Waals surface area contributed by atoms with Gasteiger partial charge in [-0.3, -0.25) is 14.4 Å². The quantitative estimate of drug-likeness (QED) is 0.135. The Morgan fingerprint density at radius 3 is 2.24 bits per heavy atom. The number of pyridine rings is 1. The Balaban J connectivity index is 1.03. The van der Waals surface area contributed by atoms with E-state index in [9.17, 15) is 32.3 Å². The van der Waals surface area contributed by atoms with Gasteiger partial charge in [0.25, 0.3) is 5.91 Å². The molecule has 14 nitrogen and oxygen atoms in total. The third-order valence-electron chi connectivity index (χ3n) is 12.4. The molecule has 0 spiro atoms. The molecule has 3 N–H and O–H groups in total. The molecule has 4 aromatic rings. The van der Waals surface area contributed by atoms with Gasteiger partial charge in [0.2, 0.25) is 11.8 Å². The molecule has 2 aromatic heterocycles. The van der Waals surface area contributed by atoms with Gasteiger partial charge in [0, 0.05) is 60.5 Å². The van der Waals surface area contributed by atoms with Gasteiger partial charge in [-0.1, -0.05) is 58.9 Å². The van der Waals surface area contributed by atoms with Crippen LogP contribution < -0.4 is 20.3 Å². The zero-order chi connectivity index (χ0) is 45.5. The first-order valence-corrected chi connectivity index (χ1v) is 21.3. The fraction of sp³-hybridized carbons (Fsp3) is 0.478. The molecule has 4 amide bonds. The maximum Gasteiger partial charge on any atom is 0.573 e. The van der Waals surface area contributed by atoms with E-state index in [0.717, 1.165) is 12.5 Å². The number of carbonyl (C=O) groups excluding carboxylic acids is 4. The minimum absolute atomic E-state index is 0.00889. The van der Waals surface area contributed by atoms with Gasteiger partial charge in [0.15, 0.2) is 0 Å². The van der Waals surface area contributed by atoms with E-state index in [1.807, 2.05) is 39.5 Å². The second-order valence-corrected chi connectivity index (χ2v) is 18.2. The highest BCUT2D eigenvalue weighted by Crippen LogP contribution is 2.53. The van der Waals surface area contributed by atoms with Gasteiger partial charge in [0.05, 0.1) is 30.7 Å². The number of alkyl carbamates (subject to hydrolysis) is 1. The van der Waals surface area contributed by atoms with E-state index in [4.69, 9.17) is 9.72 Å². The van der Waals surface area contributed by atoms with Gasteiger partial charge in [-0.25, -0.2) is 14.8 Å². The lowest BCUT2D eigenvalue weighted by Gasteiger charge is -2.45. The predicted octanol–water partition coefficient (Wildman–Crippen LogP) is 8.05. The van der Waals surface area contributed by atoms with E-state index < -0.39 is 30.2 Å². The van der Waals surface area contributed by atoms with Crippen molar-refractivity contribution in [3.05, 3.63) is 78.4 Å². The lowest BCUT2D eigenvalue weighted by atomic mass is 10.00. The van der Waals surface area contributed by atoms with Crippen LogP contribution in [0.4, 0.5) is 29.5 Å². The average molecular weight is 873 g/mol. The number of anilines is 2. The number of aromatic nitrogens is 3. The number of rotatable bonds is 11. The molecule has 17 heteroatoms. The molecule has 0 bridgehead atoms. The summed E-state index contributed by atoms with van der Waals surface area (Å²) in [6.07, 6.45) is -0.965. The molecule has 3 fully saturated rings. The maximum absolute atomic E-state index is 13.7. The van der Waals surface area contributed by atoms with Crippen molar-refractivity contribution in [2.75, 3.05) is 37.0 Å². The number of piperazine rings is 1. The summed E-state index contributed by atoms with van der Waals surface area (Å²) < 4.78 is 50.4. The number of amides is 4. The van der Waals surface area contributed by atoms with Crippen LogP contribution in [0.3, 0.4) is 0 Å². The SMILES string of the molecule is COC(=O)N[C@H](C(=O)N1C[C@@H](C)C[C@H]1c1nc(-c2ccc(-c3ccc(C(=O)Nc4ccc(N5C[C@H](C)N(C(=O)[C@H]6CC6(C)C)C[C@H]5C)nc4)cc3OC(F)(F)F)cc2)c[nH]1)C(C)C. The van der Waals surface area contributed by atoms with E-state index in [0.29, 0.717) is 60.2 Å². The number of hydrogen-bond donors (Lipinski definition) is 3. The maximum atomic E-state index is 13.7. The van der Waals surface area contributed by atoms with Crippen molar-refractivity contribution < 1.29 is 41.8 Å². The number of ether oxygens (including phenoxy) is 2. The van der Waals surface area contributed by atoms with Crippen LogP contribution in [0, 0.1) is 23.2 Å². The highest BCUT2D eigenvalue weighted by molar-refractivity contribution is 6.05. The number of alkyl halides is 3. The number of hydrogen-bond acceptors (Lipinski definition) is 9. The summed E-state index contributed by atoms with van der Waals surface area (Å²) in [5, 5.41) is 5.37. The fourth-order valence-corrected chi connectivity index (χ4v) is 8.69. The summed E-state index contributed by atoms with van der Waals surface area (Å²) in [5.74, 6) is 0.0583. The normalized spacial score (nSPS) is 22.4. The molecule has 2 aromatic carbocycles. The first kappa shape index (κ1) is 44.9. The van der Waals surface area contributed by atoms with Crippen molar-refractivity contribution in [1.82, 2.24) is 30.1 Å². The number of aromatic amines is 1. The van der Waals surface area contributed by atoms with E-state index >= 15 is 0 Å². The van der Waals surface area contributed by atoms with Crippen molar-refractivity contribution in [2.45, 2.75) is 91.8 Å².